The maximum Gasteiger partial charge on any atom is 0.335 e. The van der Waals surface area contributed by atoms with E-state index in [0.717, 1.165) is 32.5 Å². The first kappa shape index (κ1) is 16.2. The number of nitrogens with zero attached hydrogens (tertiary/aromatic N) is 2. The van der Waals surface area contributed by atoms with Crippen molar-refractivity contribution in [3.8, 4) is 6.07 Å². The first-order chi connectivity index (χ1) is 11.6. The van der Waals surface area contributed by atoms with Gasteiger partial charge in [-0.05, 0) is 60.7 Å². The number of carboxylic acid groups (broad SMARTS) is 1. The molecule has 1 aliphatic rings. The van der Waals surface area contributed by atoms with Gasteiger partial charge in [0.05, 0.1) is 17.2 Å². The number of carbonyl (C=O) groups is 1. The zero-order chi connectivity index (χ0) is 16.9. The van der Waals surface area contributed by atoms with E-state index in [0.29, 0.717) is 17.0 Å². The molecule has 2 aromatic carbocycles. The highest BCUT2D eigenvalue weighted by Crippen LogP contribution is 2.23. The van der Waals surface area contributed by atoms with Gasteiger partial charge in [-0.2, -0.15) is 5.26 Å². The summed E-state index contributed by atoms with van der Waals surface area (Å²) < 4.78 is 0. The first-order valence-corrected chi connectivity index (χ1v) is 8.17. The fourth-order valence-electron chi connectivity index (χ4n) is 3.34. The summed E-state index contributed by atoms with van der Waals surface area (Å²) >= 11 is 0. The largest absolute Gasteiger partial charge is 0.478 e. The van der Waals surface area contributed by atoms with Gasteiger partial charge in [0.1, 0.15) is 0 Å². The molecule has 0 aliphatic carbocycles. The van der Waals surface area contributed by atoms with Crippen molar-refractivity contribution in [2.45, 2.75) is 19.4 Å². The molecule has 1 aliphatic heterocycles. The number of likely N-dealkylation sites (tertiary alicyclic amines) is 1. The average molecular weight is 320 g/mol. The van der Waals surface area contributed by atoms with Crippen LogP contribution in [-0.4, -0.2) is 29.1 Å². The van der Waals surface area contributed by atoms with Crippen LogP contribution in [0.2, 0.25) is 0 Å². The van der Waals surface area contributed by atoms with Gasteiger partial charge in [-0.15, -0.1) is 0 Å². The summed E-state index contributed by atoms with van der Waals surface area (Å²) in [5, 5.41) is 17.9. The quantitative estimate of drug-likeness (QED) is 0.918. The number of benzene rings is 2. The van der Waals surface area contributed by atoms with Crippen molar-refractivity contribution >= 4 is 5.97 Å². The summed E-state index contributed by atoms with van der Waals surface area (Å²) in [4.78, 5) is 13.3. The van der Waals surface area contributed by atoms with Gasteiger partial charge in [-0.3, -0.25) is 4.90 Å². The predicted molar refractivity (Wildman–Crippen MR) is 91.6 cm³/mol. The lowest BCUT2D eigenvalue weighted by atomic mass is 9.98. The lowest BCUT2D eigenvalue weighted by Crippen LogP contribution is -2.20. The SMILES string of the molecule is N#Cc1cccc(CN2CC[C@H](Cc3ccc(C(=O)O)cc3)C2)c1. The van der Waals surface area contributed by atoms with Gasteiger partial charge in [0.25, 0.3) is 0 Å². The van der Waals surface area contributed by atoms with Crippen LogP contribution in [0.4, 0.5) is 0 Å². The van der Waals surface area contributed by atoms with Crippen LogP contribution in [0.15, 0.2) is 48.5 Å². The van der Waals surface area contributed by atoms with Gasteiger partial charge < -0.3 is 5.11 Å². The van der Waals surface area contributed by atoms with E-state index in [-0.39, 0.29) is 0 Å². The average Bonchev–Trinajstić information content (AvgIpc) is 3.02. The summed E-state index contributed by atoms with van der Waals surface area (Å²) in [5.74, 6) is -0.284. The van der Waals surface area contributed by atoms with Crippen molar-refractivity contribution in [3.63, 3.8) is 0 Å². The van der Waals surface area contributed by atoms with Crippen molar-refractivity contribution in [1.82, 2.24) is 4.90 Å². The fourth-order valence-corrected chi connectivity index (χ4v) is 3.34. The summed E-state index contributed by atoms with van der Waals surface area (Å²) in [6.07, 6.45) is 2.13. The summed E-state index contributed by atoms with van der Waals surface area (Å²) in [5.41, 5.74) is 3.42. The van der Waals surface area contributed by atoms with E-state index in [1.165, 1.54) is 11.1 Å². The molecule has 1 heterocycles. The minimum Gasteiger partial charge on any atom is -0.478 e. The zero-order valence-corrected chi connectivity index (χ0v) is 13.5. The Hall–Kier alpha value is -2.64. The van der Waals surface area contributed by atoms with Crippen molar-refractivity contribution in [2.75, 3.05) is 13.1 Å². The van der Waals surface area contributed by atoms with Crippen LogP contribution in [0.3, 0.4) is 0 Å². The molecule has 1 atom stereocenters. The minimum atomic E-state index is -0.881. The topological polar surface area (TPSA) is 64.3 Å². The third-order valence-electron chi connectivity index (χ3n) is 4.56. The Bertz CT molecular complexity index is 762. The molecule has 0 spiro atoms. The Morgan fingerprint density at radius 1 is 1.21 bits per heavy atom. The fraction of sp³-hybridized carbons (Fsp3) is 0.300. The van der Waals surface area contributed by atoms with E-state index in [1.54, 1.807) is 12.1 Å². The maximum atomic E-state index is 10.9. The number of rotatable bonds is 5. The van der Waals surface area contributed by atoms with Crippen molar-refractivity contribution < 1.29 is 9.90 Å². The Kier molecular flexibility index (Phi) is 4.93. The van der Waals surface area contributed by atoms with Crippen LogP contribution in [0.5, 0.6) is 0 Å². The molecular formula is C20H20N2O2. The molecular weight excluding hydrogens is 300 g/mol. The molecule has 122 valence electrons. The molecule has 1 fully saturated rings. The molecule has 0 amide bonds. The monoisotopic (exact) mass is 320 g/mol. The standard InChI is InChI=1S/C20H20N2O2/c21-12-16-2-1-3-17(11-16)13-22-9-8-18(14-22)10-15-4-6-19(7-5-15)20(23)24/h1-7,11,18H,8-10,13-14H2,(H,23,24)/t18-/m1/s1. The summed E-state index contributed by atoms with van der Waals surface area (Å²) in [6.45, 7) is 2.98. The molecule has 1 saturated heterocycles. The summed E-state index contributed by atoms with van der Waals surface area (Å²) in [7, 11) is 0. The molecule has 2 aromatic rings. The van der Waals surface area contributed by atoms with Crippen molar-refractivity contribution in [1.29, 1.82) is 5.26 Å². The van der Waals surface area contributed by atoms with E-state index in [9.17, 15) is 4.79 Å². The lowest BCUT2D eigenvalue weighted by molar-refractivity contribution is 0.0697. The van der Waals surface area contributed by atoms with E-state index in [4.69, 9.17) is 10.4 Å². The third kappa shape index (κ3) is 4.01. The second-order valence-corrected chi connectivity index (χ2v) is 6.41. The van der Waals surface area contributed by atoms with Gasteiger partial charge in [-0.1, -0.05) is 24.3 Å². The molecule has 0 bridgehead atoms. The number of aromatic carboxylic acids is 1. The molecule has 3 rings (SSSR count). The lowest BCUT2D eigenvalue weighted by Gasteiger charge is -2.16. The molecule has 0 unspecified atom stereocenters. The van der Waals surface area contributed by atoms with Crippen LogP contribution in [0, 0.1) is 17.2 Å². The van der Waals surface area contributed by atoms with Gasteiger partial charge in [0.15, 0.2) is 0 Å². The highest BCUT2D eigenvalue weighted by Gasteiger charge is 2.22. The molecule has 0 aromatic heterocycles. The number of hydrogen-bond donors (Lipinski definition) is 1. The second kappa shape index (κ2) is 7.29. The highest BCUT2D eigenvalue weighted by atomic mass is 16.4. The normalized spacial score (nSPS) is 17.5. The summed E-state index contributed by atoms with van der Waals surface area (Å²) in [6, 6.07) is 17.2. The maximum absolute atomic E-state index is 10.9. The molecule has 24 heavy (non-hydrogen) atoms. The van der Waals surface area contributed by atoms with E-state index in [1.807, 2.05) is 30.3 Å². The number of nitriles is 1. The van der Waals surface area contributed by atoms with Crippen LogP contribution < -0.4 is 0 Å². The van der Waals surface area contributed by atoms with Crippen LogP contribution in [0.25, 0.3) is 0 Å². The Morgan fingerprint density at radius 3 is 2.71 bits per heavy atom. The van der Waals surface area contributed by atoms with Gasteiger partial charge in [-0.25, -0.2) is 4.79 Å². The Labute approximate surface area is 142 Å². The smallest absolute Gasteiger partial charge is 0.335 e. The van der Waals surface area contributed by atoms with Crippen molar-refractivity contribution in [3.05, 3.63) is 70.8 Å². The molecule has 4 heteroatoms. The molecule has 1 N–H and O–H groups in total. The van der Waals surface area contributed by atoms with Crippen molar-refractivity contribution in [2.24, 2.45) is 5.92 Å². The molecule has 4 nitrogen and oxygen atoms in total. The van der Waals surface area contributed by atoms with Crippen LogP contribution in [0.1, 0.15) is 33.5 Å². The van der Waals surface area contributed by atoms with E-state index >= 15 is 0 Å². The number of carboxylic acids is 1. The number of hydrogen-bond acceptors (Lipinski definition) is 3. The molecule has 0 saturated carbocycles. The van der Waals surface area contributed by atoms with Crippen LogP contribution in [-0.2, 0) is 13.0 Å². The van der Waals surface area contributed by atoms with E-state index in [2.05, 4.69) is 17.0 Å². The first-order valence-electron chi connectivity index (χ1n) is 8.17. The Morgan fingerprint density at radius 2 is 2.00 bits per heavy atom. The zero-order valence-electron chi connectivity index (χ0n) is 13.5. The highest BCUT2D eigenvalue weighted by molar-refractivity contribution is 5.87. The Balaban J connectivity index is 1.55. The second-order valence-electron chi connectivity index (χ2n) is 6.41. The third-order valence-corrected chi connectivity index (χ3v) is 4.56. The molecule has 0 radical (unpaired) electrons. The van der Waals surface area contributed by atoms with E-state index < -0.39 is 5.97 Å². The van der Waals surface area contributed by atoms with Gasteiger partial charge in [0.2, 0.25) is 0 Å². The van der Waals surface area contributed by atoms with Gasteiger partial charge in [0, 0.05) is 13.1 Å². The minimum absolute atomic E-state index is 0.337. The van der Waals surface area contributed by atoms with Gasteiger partial charge >= 0.3 is 5.97 Å². The van der Waals surface area contributed by atoms with Crippen LogP contribution >= 0.6 is 0 Å². The predicted octanol–water partition coefficient (Wildman–Crippen LogP) is 3.32.